The third-order valence-electron chi connectivity index (χ3n) is 11.3. The van der Waals surface area contributed by atoms with Crippen LogP contribution in [0.4, 0.5) is 10.1 Å². The second kappa shape index (κ2) is 19.4. The number of carbonyl (C=O) groups is 8. The molecule has 2 aromatic heterocycles. The van der Waals surface area contributed by atoms with Crippen molar-refractivity contribution < 1.29 is 52.6 Å². The summed E-state index contributed by atoms with van der Waals surface area (Å²) >= 11 is 0. The van der Waals surface area contributed by atoms with E-state index in [2.05, 4.69) is 31.6 Å². The Morgan fingerprint density at radius 1 is 0.862 bits per heavy atom. The van der Waals surface area contributed by atoms with Crippen molar-refractivity contribution in [2.75, 3.05) is 31.5 Å². The van der Waals surface area contributed by atoms with Crippen molar-refractivity contribution in [3.63, 3.8) is 0 Å². The first kappa shape index (κ1) is 45.4. The molecule has 6 N–H and O–H groups in total. The fraction of sp³-hybridized carbons (Fsp3) is 0.333. The van der Waals surface area contributed by atoms with Gasteiger partial charge < -0.3 is 41.0 Å². The number of hydrogen-bond acceptors (Lipinski definition) is 12. The predicted molar refractivity (Wildman–Crippen MR) is 229 cm³/mol. The number of imide groups is 1. The topological polar surface area (TPSA) is 264 Å². The first-order valence-corrected chi connectivity index (χ1v) is 20.9. The summed E-state index contributed by atoms with van der Waals surface area (Å²) in [5.41, 5.74) is -0.182. The SMILES string of the molecule is CC[C@]1(O)C(=O)OCc2c1cc1n(c2=O)Cc2cc3cc(NC(=O)CNC(=O)[C@H](Cc4ccccc4)NC(=O)CNC(=O)CNC(=O)CCCCCN4C(=O)C=CC4=O)c(F)cc3nc2-1. The number of aliphatic hydroxyl groups is 1. The largest absolute Gasteiger partial charge is 0.458 e. The third-order valence-corrected chi connectivity index (χ3v) is 11.3. The van der Waals surface area contributed by atoms with Gasteiger partial charge in [-0.15, -0.1) is 0 Å². The van der Waals surface area contributed by atoms with Crippen molar-refractivity contribution in [2.45, 2.75) is 70.2 Å². The summed E-state index contributed by atoms with van der Waals surface area (Å²) in [5.74, 6) is -5.76. The average molecular weight is 893 g/mol. The van der Waals surface area contributed by atoms with Gasteiger partial charge in [0.25, 0.3) is 17.4 Å². The first-order valence-electron chi connectivity index (χ1n) is 20.9. The molecule has 0 aliphatic carbocycles. The van der Waals surface area contributed by atoms with Crippen molar-refractivity contribution in [1.82, 2.24) is 35.7 Å². The van der Waals surface area contributed by atoms with Gasteiger partial charge in [0.05, 0.1) is 54.3 Å². The lowest BCUT2D eigenvalue weighted by Gasteiger charge is -2.31. The van der Waals surface area contributed by atoms with Crippen molar-refractivity contribution >= 4 is 63.9 Å². The van der Waals surface area contributed by atoms with Gasteiger partial charge in [0.2, 0.25) is 29.5 Å². The van der Waals surface area contributed by atoms with Gasteiger partial charge in [-0.2, -0.15) is 0 Å². The number of amides is 7. The molecule has 0 unspecified atom stereocenters. The number of aromatic nitrogens is 2. The van der Waals surface area contributed by atoms with Gasteiger partial charge in [0.1, 0.15) is 18.5 Å². The molecule has 3 aliphatic heterocycles. The Balaban J connectivity index is 0.907. The number of nitrogens with zero attached hydrogens (tertiary/aromatic N) is 3. The zero-order valence-electron chi connectivity index (χ0n) is 35.2. The molecular weight excluding hydrogens is 848 g/mol. The molecule has 19 nitrogen and oxygen atoms in total. The van der Waals surface area contributed by atoms with Crippen LogP contribution in [0.3, 0.4) is 0 Å². The summed E-state index contributed by atoms with van der Waals surface area (Å²) in [4.78, 5) is 119. The maximum absolute atomic E-state index is 15.5. The van der Waals surface area contributed by atoms with E-state index in [9.17, 15) is 48.3 Å². The van der Waals surface area contributed by atoms with Gasteiger partial charge in [-0.3, -0.25) is 43.3 Å². The summed E-state index contributed by atoms with van der Waals surface area (Å²) in [6.45, 7) is 0.114. The number of carbonyl (C=O) groups excluding carboxylic acids is 8. The summed E-state index contributed by atoms with van der Waals surface area (Å²) < 4.78 is 22.0. The van der Waals surface area contributed by atoms with Gasteiger partial charge in [0, 0.05) is 54.1 Å². The van der Waals surface area contributed by atoms with Gasteiger partial charge in [0.15, 0.2) is 5.60 Å². The molecule has 7 amide bonds. The quantitative estimate of drug-likeness (QED) is 0.0404. The highest BCUT2D eigenvalue weighted by Gasteiger charge is 2.45. The minimum atomic E-state index is -2.01. The Morgan fingerprint density at radius 3 is 2.31 bits per heavy atom. The molecule has 338 valence electrons. The average Bonchev–Trinajstić information content (AvgIpc) is 3.81. The van der Waals surface area contributed by atoms with E-state index in [1.165, 1.54) is 22.8 Å². The lowest BCUT2D eigenvalue weighted by atomic mass is 9.86. The standard InChI is InChI=1S/C45H45FN8O11/c1-2-45(64)29-18-34-41-27(23-54(34)43(62)28(29)24-65-44(45)63)16-26-17-32(30(46)19-31(26)52-41)50-38(58)22-49-42(61)33(15-25-9-5-3-6-10-25)51-37(57)21-48-36(56)20-47-35(55)11-7-4-8-14-53-39(59)12-13-40(53)60/h3,5-6,9-10,12-13,16-19,33,64H,2,4,7-8,11,14-15,20-24H2,1H3,(H,47,55)(H,48,56)(H,49,61)(H,50,58)(H,51,57)/t33-,45+/m0/s1. The third kappa shape index (κ3) is 10.1. The Hall–Kier alpha value is -7.61. The highest BCUT2D eigenvalue weighted by Crippen LogP contribution is 2.39. The fourth-order valence-electron chi connectivity index (χ4n) is 7.78. The molecule has 2 aromatic carbocycles. The molecule has 3 aliphatic rings. The Kier molecular flexibility index (Phi) is 13.6. The molecule has 0 spiro atoms. The molecular formula is C45H45FN8O11. The van der Waals surface area contributed by atoms with Crippen molar-refractivity contribution in [3.8, 4) is 11.4 Å². The molecule has 0 fully saturated rings. The van der Waals surface area contributed by atoms with E-state index < -0.39 is 78.2 Å². The Labute approximate surface area is 369 Å². The van der Waals surface area contributed by atoms with Gasteiger partial charge in [-0.25, -0.2) is 14.2 Å². The van der Waals surface area contributed by atoms with E-state index >= 15 is 4.39 Å². The summed E-state index contributed by atoms with van der Waals surface area (Å²) in [6, 6.07) is 13.2. The maximum Gasteiger partial charge on any atom is 0.343 e. The van der Waals surface area contributed by atoms with E-state index in [1.807, 2.05) is 0 Å². The Morgan fingerprint density at radius 2 is 1.57 bits per heavy atom. The lowest BCUT2D eigenvalue weighted by molar-refractivity contribution is -0.172. The van der Waals surface area contributed by atoms with E-state index in [-0.39, 0.29) is 73.1 Å². The zero-order chi connectivity index (χ0) is 46.4. The molecule has 2 atom stereocenters. The number of ether oxygens (including phenoxy) is 1. The number of anilines is 1. The molecule has 0 saturated carbocycles. The van der Waals surface area contributed by atoms with Gasteiger partial charge >= 0.3 is 5.97 Å². The summed E-state index contributed by atoms with van der Waals surface area (Å²) in [7, 11) is 0. The van der Waals surface area contributed by atoms with Crippen molar-refractivity contribution in [1.29, 1.82) is 0 Å². The van der Waals surface area contributed by atoms with Crippen LogP contribution >= 0.6 is 0 Å². The Bertz CT molecular complexity index is 2700. The number of halogens is 1. The monoisotopic (exact) mass is 892 g/mol. The number of benzene rings is 2. The lowest BCUT2D eigenvalue weighted by Crippen LogP contribution is -2.52. The zero-order valence-corrected chi connectivity index (χ0v) is 35.2. The number of hydrogen-bond donors (Lipinski definition) is 6. The normalized spacial score (nSPS) is 16.3. The minimum Gasteiger partial charge on any atom is -0.458 e. The first-order chi connectivity index (χ1) is 31.1. The highest BCUT2D eigenvalue weighted by molar-refractivity contribution is 6.12. The number of rotatable bonds is 18. The molecule has 4 aromatic rings. The number of cyclic esters (lactones) is 1. The van der Waals surface area contributed by atoms with Crippen LogP contribution in [0.15, 0.2) is 71.5 Å². The number of pyridine rings is 2. The second-order valence-corrected chi connectivity index (χ2v) is 15.7. The predicted octanol–water partition coefficient (Wildman–Crippen LogP) is 0.719. The highest BCUT2D eigenvalue weighted by atomic mass is 19.1. The van der Waals surface area contributed by atoms with Crippen LogP contribution in [-0.2, 0) is 68.3 Å². The second-order valence-electron chi connectivity index (χ2n) is 15.7. The maximum atomic E-state index is 15.5. The smallest absolute Gasteiger partial charge is 0.343 e. The number of fused-ring (bicyclic) bond motifs is 5. The van der Waals surface area contributed by atoms with Crippen molar-refractivity contribution in [2.24, 2.45) is 0 Å². The van der Waals surface area contributed by atoms with E-state index in [4.69, 9.17) is 4.74 Å². The van der Waals surface area contributed by atoms with E-state index in [0.717, 1.165) is 11.0 Å². The fourth-order valence-corrected chi connectivity index (χ4v) is 7.78. The van der Waals surface area contributed by atoms with Crippen LogP contribution in [0, 0.1) is 5.82 Å². The molecule has 0 saturated heterocycles. The number of nitrogens with one attached hydrogen (secondary N) is 5. The summed E-state index contributed by atoms with van der Waals surface area (Å²) in [6.07, 6.45) is 4.06. The van der Waals surface area contributed by atoms with E-state index in [0.29, 0.717) is 47.2 Å². The van der Waals surface area contributed by atoms with Gasteiger partial charge in [-0.05, 0) is 43.0 Å². The molecule has 65 heavy (non-hydrogen) atoms. The van der Waals surface area contributed by atoms with E-state index in [1.54, 1.807) is 49.4 Å². The van der Waals surface area contributed by atoms with Crippen LogP contribution in [0.5, 0.6) is 0 Å². The van der Waals surface area contributed by atoms with Crippen molar-refractivity contribution in [3.05, 3.63) is 105 Å². The molecule has 0 bridgehead atoms. The minimum absolute atomic E-state index is 0.0200. The molecule has 5 heterocycles. The van der Waals surface area contributed by atoms with Crippen LogP contribution in [-0.4, -0.2) is 99.1 Å². The van der Waals surface area contributed by atoms with Crippen LogP contribution in [0.2, 0.25) is 0 Å². The van der Waals surface area contributed by atoms with Crippen LogP contribution in [0.25, 0.3) is 22.3 Å². The van der Waals surface area contributed by atoms with Gasteiger partial charge in [-0.1, -0.05) is 43.7 Å². The number of esters is 1. The van der Waals surface area contributed by atoms with Crippen LogP contribution in [0.1, 0.15) is 61.3 Å². The molecule has 0 radical (unpaired) electrons. The number of unbranched alkanes of at least 4 members (excludes halogenated alkanes) is 2. The molecule has 7 rings (SSSR count). The van der Waals surface area contributed by atoms with Crippen LogP contribution < -0.4 is 32.1 Å². The summed E-state index contributed by atoms with van der Waals surface area (Å²) in [5, 5.41) is 23.8. The molecule has 20 heteroatoms.